The Bertz CT molecular complexity index is 533. The van der Waals surface area contributed by atoms with Crippen LogP contribution in [0.15, 0.2) is 17.0 Å². The fraction of sp³-hybridized carbons (Fsp3) is 0.571. The normalized spacial score (nSPS) is 11.9. The van der Waals surface area contributed by atoms with Gasteiger partial charge in [0.15, 0.2) is 0 Å². The smallest absolute Gasteiger partial charge is 0.243 e. The Hall–Kier alpha value is -1.11. The van der Waals surface area contributed by atoms with Gasteiger partial charge in [0.2, 0.25) is 10.0 Å². The van der Waals surface area contributed by atoms with Crippen molar-refractivity contribution >= 4 is 10.0 Å². The second kappa shape index (κ2) is 7.06. The number of nitrogens with one attached hydrogen (secondary N) is 1. The van der Waals surface area contributed by atoms with E-state index >= 15 is 0 Å². The molecule has 0 aromatic heterocycles. The third kappa shape index (κ3) is 3.71. The second-order valence-corrected chi connectivity index (χ2v) is 6.86. The first kappa shape index (κ1) is 16.9. The highest BCUT2D eigenvalue weighted by Gasteiger charge is 2.24. The molecular formula is C14H24N2O3S. The number of ether oxygens (including phenoxy) is 1. The molecule has 0 saturated carbocycles. The van der Waals surface area contributed by atoms with Crippen molar-refractivity contribution in [1.29, 1.82) is 0 Å². The van der Waals surface area contributed by atoms with Crippen molar-refractivity contribution < 1.29 is 13.2 Å². The van der Waals surface area contributed by atoms with E-state index in [0.717, 1.165) is 13.0 Å². The maximum absolute atomic E-state index is 12.6. The molecule has 1 aromatic carbocycles. The van der Waals surface area contributed by atoms with Crippen LogP contribution in [0.3, 0.4) is 0 Å². The van der Waals surface area contributed by atoms with Crippen LogP contribution in [0.2, 0.25) is 0 Å². The summed E-state index contributed by atoms with van der Waals surface area (Å²) in [6.45, 7) is 4.88. The summed E-state index contributed by atoms with van der Waals surface area (Å²) in [6, 6.07) is 3.50. The zero-order chi connectivity index (χ0) is 15.3. The van der Waals surface area contributed by atoms with E-state index in [2.05, 4.69) is 5.32 Å². The quantitative estimate of drug-likeness (QED) is 0.776. The Kier molecular flexibility index (Phi) is 5.98. The molecule has 0 unspecified atom stereocenters. The molecule has 0 bridgehead atoms. The number of rotatable bonds is 7. The van der Waals surface area contributed by atoms with Gasteiger partial charge in [0, 0.05) is 13.6 Å². The summed E-state index contributed by atoms with van der Waals surface area (Å²) < 4.78 is 31.8. The number of benzene rings is 1. The van der Waals surface area contributed by atoms with Crippen LogP contribution < -0.4 is 10.1 Å². The van der Waals surface area contributed by atoms with Crippen molar-refractivity contribution in [3.63, 3.8) is 0 Å². The predicted molar refractivity (Wildman–Crippen MR) is 80.8 cm³/mol. The molecule has 0 saturated heterocycles. The average Bonchev–Trinajstić information content (AvgIpc) is 2.37. The molecule has 5 nitrogen and oxygen atoms in total. The van der Waals surface area contributed by atoms with E-state index in [4.69, 9.17) is 4.74 Å². The topological polar surface area (TPSA) is 58.6 Å². The summed E-state index contributed by atoms with van der Waals surface area (Å²) in [5, 5.41) is 3.01. The summed E-state index contributed by atoms with van der Waals surface area (Å²) in [5.41, 5.74) is 1.42. The van der Waals surface area contributed by atoms with Gasteiger partial charge >= 0.3 is 0 Å². The molecule has 0 radical (unpaired) electrons. The van der Waals surface area contributed by atoms with E-state index < -0.39 is 10.0 Å². The van der Waals surface area contributed by atoms with E-state index in [1.165, 1.54) is 4.31 Å². The van der Waals surface area contributed by atoms with Crippen LogP contribution in [0, 0.1) is 13.8 Å². The van der Waals surface area contributed by atoms with Crippen molar-refractivity contribution in [3.8, 4) is 5.75 Å². The van der Waals surface area contributed by atoms with Crippen LogP contribution in [0.4, 0.5) is 0 Å². The number of sulfonamides is 1. The van der Waals surface area contributed by atoms with Crippen molar-refractivity contribution in [1.82, 2.24) is 9.62 Å². The summed E-state index contributed by atoms with van der Waals surface area (Å²) >= 11 is 0. The average molecular weight is 300 g/mol. The number of nitrogens with zero attached hydrogens (tertiary/aromatic N) is 1. The fourth-order valence-electron chi connectivity index (χ4n) is 2.19. The van der Waals surface area contributed by atoms with E-state index in [1.807, 2.05) is 7.05 Å². The first-order valence-electron chi connectivity index (χ1n) is 6.60. The van der Waals surface area contributed by atoms with Crippen molar-refractivity contribution in [2.24, 2.45) is 0 Å². The van der Waals surface area contributed by atoms with Crippen molar-refractivity contribution in [3.05, 3.63) is 23.3 Å². The first-order chi connectivity index (χ1) is 9.34. The maximum Gasteiger partial charge on any atom is 0.243 e. The molecule has 1 N–H and O–H groups in total. The van der Waals surface area contributed by atoms with Gasteiger partial charge in [-0.15, -0.1) is 0 Å². The molecule has 114 valence electrons. The van der Waals surface area contributed by atoms with E-state index in [1.54, 1.807) is 40.1 Å². The summed E-state index contributed by atoms with van der Waals surface area (Å²) in [6.07, 6.45) is 0.778. The summed E-state index contributed by atoms with van der Waals surface area (Å²) in [7, 11) is 1.59. The summed E-state index contributed by atoms with van der Waals surface area (Å²) in [4.78, 5) is 0.380. The van der Waals surface area contributed by atoms with Gasteiger partial charge in [-0.05, 0) is 57.1 Å². The number of aryl methyl sites for hydroxylation is 2. The van der Waals surface area contributed by atoms with Gasteiger partial charge in [-0.2, -0.15) is 0 Å². The maximum atomic E-state index is 12.6. The third-order valence-corrected chi connectivity index (χ3v) is 5.40. The van der Waals surface area contributed by atoms with Gasteiger partial charge in [0.05, 0.1) is 12.0 Å². The Morgan fingerprint density at radius 1 is 1.25 bits per heavy atom. The minimum absolute atomic E-state index is 0.380. The van der Waals surface area contributed by atoms with Crippen LogP contribution >= 0.6 is 0 Å². The second-order valence-electron chi connectivity index (χ2n) is 4.87. The monoisotopic (exact) mass is 300 g/mol. The van der Waals surface area contributed by atoms with Crippen LogP contribution in [0.5, 0.6) is 5.75 Å². The highest BCUT2D eigenvalue weighted by molar-refractivity contribution is 7.89. The minimum atomic E-state index is -3.46. The minimum Gasteiger partial charge on any atom is -0.497 e. The van der Waals surface area contributed by atoms with Gasteiger partial charge in [-0.1, -0.05) is 0 Å². The Morgan fingerprint density at radius 2 is 1.80 bits per heavy atom. The van der Waals surface area contributed by atoms with Crippen LogP contribution in [-0.2, 0) is 10.0 Å². The molecule has 0 spiro atoms. The van der Waals surface area contributed by atoms with Crippen molar-refractivity contribution in [2.45, 2.75) is 25.2 Å². The Labute approximate surface area is 122 Å². The molecule has 0 aliphatic heterocycles. The van der Waals surface area contributed by atoms with E-state index in [-0.39, 0.29) is 0 Å². The van der Waals surface area contributed by atoms with Gasteiger partial charge in [-0.25, -0.2) is 12.7 Å². The van der Waals surface area contributed by atoms with Crippen LogP contribution in [0.25, 0.3) is 0 Å². The molecule has 0 aliphatic rings. The lowest BCUT2D eigenvalue weighted by atomic mass is 10.1. The predicted octanol–water partition coefficient (Wildman–Crippen LogP) is 1.54. The van der Waals surface area contributed by atoms with Crippen molar-refractivity contribution in [2.75, 3.05) is 34.3 Å². The summed E-state index contributed by atoms with van der Waals surface area (Å²) in [5.74, 6) is 0.678. The Morgan fingerprint density at radius 3 is 2.25 bits per heavy atom. The molecule has 0 heterocycles. The molecule has 1 aromatic rings. The van der Waals surface area contributed by atoms with E-state index in [9.17, 15) is 8.42 Å². The lowest BCUT2D eigenvalue weighted by Crippen LogP contribution is -2.30. The zero-order valence-electron chi connectivity index (χ0n) is 12.9. The standard InChI is InChI=1S/C14H24N2O3S/c1-11-9-13(19-5)10-12(2)14(11)20(17,18)16(4)8-6-7-15-3/h9-10,15H,6-8H2,1-5H3. The third-order valence-electron chi connectivity index (χ3n) is 3.24. The molecule has 0 amide bonds. The molecule has 20 heavy (non-hydrogen) atoms. The molecule has 0 fully saturated rings. The Balaban J connectivity index is 3.09. The number of methoxy groups -OCH3 is 1. The van der Waals surface area contributed by atoms with Crippen LogP contribution in [-0.4, -0.2) is 47.0 Å². The molecule has 1 rings (SSSR count). The lowest BCUT2D eigenvalue weighted by molar-refractivity contribution is 0.413. The first-order valence-corrected chi connectivity index (χ1v) is 8.04. The van der Waals surface area contributed by atoms with Gasteiger partial charge in [-0.3, -0.25) is 0 Å². The van der Waals surface area contributed by atoms with Gasteiger partial charge in [0.1, 0.15) is 5.75 Å². The van der Waals surface area contributed by atoms with E-state index in [0.29, 0.717) is 28.3 Å². The fourth-order valence-corrected chi connectivity index (χ4v) is 3.80. The lowest BCUT2D eigenvalue weighted by Gasteiger charge is -2.20. The molecule has 0 aliphatic carbocycles. The van der Waals surface area contributed by atoms with Gasteiger partial charge < -0.3 is 10.1 Å². The molecule has 6 heteroatoms. The number of hydrogen-bond acceptors (Lipinski definition) is 4. The van der Waals surface area contributed by atoms with Gasteiger partial charge in [0.25, 0.3) is 0 Å². The zero-order valence-corrected chi connectivity index (χ0v) is 13.7. The highest BCUT2D eigenvalue weighted by atomic mass is 32.2. The highest BCUT2D eigenvalue weighted by Crippen LogP contribution is 2.27. The van der Waals surface area contributed by atoms with Crippen LogP contribution in [0.1, 0.15) is 17.5 Å². The molecule has 0 atom stereocenters. The number of hydrogen-bond donors (Lipinski definition) is 1. The molecular weight excluding hydrogens is 276 g/mol. The largest absolute Gasteiger partial charge is 0.497 e. The SMILES string of the molecule is CNCCCN(C)S(=O)(=O)c1c(C)cc(OC)cc1C.